The lowest BCUT2D eigenvalue weighted by Crippen LogP contribution is -2.39. The lowest BCUT2D eigenvalue weighted by atomic mass is 10.2. The first-order valence-electron chi connectivity index (χ1n) is 9.41. The number of nitrogens with one attached hydrogen (secondary N) is 2. The molecule has 1 atom stereocenters. The quantitative estimate of drug-likeness (QED) is 0.648. The van der Waals surface area contributed by atoms with E-state index in [1.807, 2.05) is 43.3 Å². The van der Waals surface area contributed by atoms with Crippen LogP contribution in [0.15, 0.2) is 48.8 Å². The molecule has 0 aliphatic carbocycles. The second kappa shape index (κ2) is 8.87. The van der Waals surface area contributed by atoms with E-state index < -0.39 is 0 Å². The average Bonchev–Trinajstić information content (AvgIpc) is 3.36. The molecule has 2 aromatic heterocycles. The Morgan fingerprint density at radius 2 is 2.14 bits per heavy atom. The molecule has 1 fully saturated rings. The standard InChI is InChI=1S/C20H22N6O2S/c1-14-3-2-4-16(11-14)22-20(27)23-17-7-10-26(12-17)18-19(25-29-24-18)28-13-15-5-8-21-9-6-15/h2-6,8-9,11,17H,7,10,12-13H2,1H3,(H2,22,23,27). The third kappa shape index (κ3) is 5.00. The summed E-state index contributed by atoms with van der Waals surface area (Å²) in [5.74, 6) is 1.25. The number of benzene rings is 1. The lowest BCUT2D eigenvalue weighted by molar-refractivity contribution is 0.249. The number of carbonyl (C=O) groups is 1. The van der Waals surface area contributed by atoms with E-state index in [2.05, 4.69) is 29.3 Å². The zero-order valence-electron chi connectivity index (χ0n) is 16.0. The molecule has 1 unspecified atom stereocenters. The topological polar surface area (TPSA) is 92.3 Å². The fraction of sp³-hybridized carbons (Fsp3) is 0.300. The predicted octanol–water partition coefficient (Wildman–Crippen LogP) is 3.22. The van der Waals surface area contributed by atoms with Gasteiger partial charge in [0, 0.05) is 37.2 Å². The number of ether oxygens (including phenoxy) is 1. The van der Waals surface area contributed by atoms with Crippen LogP contribution in [-0.4, -0.2) is 38.9 Å². The molecular weight excluding hydrogens is 388 g/mol. The molecule has 1 aromatic carbocycles. The van der Waals surface area contributed by atoms with Crippen molar-refractivity contribution in [3.8, 4) is 5.88 Å². The van der Waals surface area contributed by atoms with Gasteiger partial charge in [0.15, 0.2) is 0 Å². The molecule has 8 nitrogen and oxygen atoms in total. The van der Waals surface area contributed by atoms with E-state index in [1.165, 1.54) is 0 Å². The van der Waals surface area contributed by atoms with Gasteiger partial charge >= 0.3 is 6.03 Å². The first kappa shape index (κ1) is 19.1. The molecule has 2 amide bonds. The summed E-state index contributed by atoms with van der Waals surface area (Å²) in [4.78, 5) is 18.4. The van der Waals surface area contributed by atoms with Crippen LogP contribution in [0.25, 0.3) is 0 Å². The summed E-state index contributed by atoms with van der Waals surface area (Å²) in [7, 11) is 0. The van der Waals surface area contributed by atoms with Crippen molar-refractivity contribution in [3.63, 3.8) is 0 Å². The summed E-state index contributed by atoms with van der Waals surface area (Å²) >= 11 is 1.13. The van der Waals surface area contributed by atoms with Crippen molar-refractivity contribution in [1.82, 2.24) is 19.0 Å². The molecular formula is C20H22N6O2S. The number of hydrogen-bond acceptors (Lipinski definition) is 7. The van der Waals surface area contributed by atoms with E-state index in [-0.39, 0.29) is 12.1 Å². The molecule has 9 heteroatoms. The van der Waals surface area contributed by atoms with Crippen molar-refractivity contribution in [2.75, 3.05) is 23.3 Å². The number of amides is 2. The van der Waals surface area contributed by atoms with Crippen LogP contribution >= 0.6 is 11.7 Å². The highest BCUT2D eigenvalue weighted by atomic mass is 32.1. The number of rotatable bonds is 6. The van der Waals surface area contributed by atoms with E-state index >= 15 is 0 Å². The SMILES string of the molecule is Cc1cccc(NC(=O)NC2CCN(c3nsnc3OCc3ccncc3)C2)c1. The number of aryl methyl sites for hydroxylation is 1. The lowest BCUT2D eigenvalue weighted by Gasteiger charge is -2.17. The number of carbonyl (C=O) groups excluding carboxylic acids is 1. The van der Waals surface area contributed by atoms with Gasteiger partial charge in [0.25, 0.3) is 5.88 Å². The first-order valence-corrected chi connectivity index (χ1v) is 10.1. The van der Waals surface area contributed by atoms with Crippen LogP contribution in [0.2, 0.25) is 0 Å². The molecule has 150 valence electrons. The van der Waals surface area contributed by atoms with Crippen LogP contribution in [0.3, 0.4) is 0 Å². The highest BCUT2D eigenvalue weighted by Gasteiger charge is 2.28. The summed E-state index contributed by atoms with van der Waals surface area (Å²) in [6, 6.07) is 11.4. The van der Waals surface area contributed by atoms with Crippen molar-refractivity contribution in [2.24, 2.45) is 0 Å². The van der Waals surface area contributed by atoms with E-state index in [4.69, 9.17) is 4.74 Å². The largest absolute Gasteiger partial charge is 0.470 e. The molecule has 0 radical (unpaired) electrons. The Labute approximate surface area is 173 Å². The molecule has 2 N–H and O–H groups in total. The molecule has 0 bridgehead atoms. The van der Waals surface area contributed by atoms with Crippen LogP contribution in [0.1, 0.15) is 17.5 Å². The molecule has 0 spiro atoms. The van der Waals surface area contributed by atoms with E-state index in [9.17, 15) is 4.79 Å². The number of aromatic nitrogens is 3. The van der Waals surface area contributed by atoms with Crippen LogP contribution < -0.4 is 20.3 Å². The summed E-state index contributed by atoms with van der Waals surface area (Å²) in [5, 5.41) is 5.92. The maximum absolute atomic E-state index is 12.3. The summed E-state index contributed by atoms with van der Waals surface area (Å²) in [5.41, 5.74) is 2.91. The zero-order valence-corrected chi connectivity index (χ0v) is 16.9. The molecule has 29 heavy (non-hydrogen) atoms. The zero-order chi connectivity index (χ0) is 20.1. The minimum Gasteiger partial charge on any atom is -0.470 e. The van der Waals surface area contributed by atoms with Gasteiger partial charge < -0.3 is 20.3 Å². The smallest absolute Gasteiger partial charge is 0.319 e. The van der Waals surface area contributed by atoms with Crippen LogP contribution in [-0.2, 0) is 6.61 Å². The number of hydrogen-bond donors (Lipinski definition) is 2. The van der Waals surface area contributed by atoms with Crippen molar-refractivity contribution in [1.29, 1.82) is 0 Å². The van der Waals surface area contributed by atoms with Crippen molar-refractivity contribution >= 4 is 29.3 Å². The maximum atomic E-state index is 12.3. The summed E-state index contributed by atoms with van der Waals surface area (Å²) in [6.07, 6.45) is 4.30. The van der Waals surface area contributed by atoms with Gasteiger partial charge in [-0.1, -0.05) is 12.1 Å². The van der Waals surface area contributed by atoms with Gasteiger partial charge in [-0.15, -0.1) is 4.37 Å². The average molecular weight is 411 g/mol. The Kier molecular flexibility index (Phi) is 5.85. The number of nitrogens with zero attached hydrogens (tertiary/aromatic N) is 4. The van der Waals surface area contributed by atoms with Gasteiger partial charge in [-0.05, 0) is 48.7 Å². The van der Waals surface area contributed by atoms with Gasteiger partial charge in [-0.2, -0.15) is 4.37 Å². The highest BCUT2D eigenvalue weighted by Crippen LogP contribution is 2.29. The second-order valence-electron chi connectivity index (χ2n) is 6.94. The minimum atomic E-state index is -0.201. The predicted molar refractivity (Wildman–Crippen MR) is 112 cm³/mol. The van der Waals surface area contributed by atoms with Crippen molar-refractivity contribution in [3.05, 3.63) is 59.9 Å². The monoisotopic (exact) mass is 410 g/mol. The molecule has 3 heterocycles. The van der Waals surface area contributed by atoms with Gasteiger partial charge in [-0.25, -0.2) is 4.79 Å². The van der Waals surface area contributed by atoms with Gasteiger partial charge in [0.2, 0.25) is 5.82 Å². The molecule has 1 aliphatic heterocycles. The van der Waals surface area contributed by atoms with E-state index in [0.717, 1.165) is 47.3 Å². The minimum absolute atomic E-state index is 0.0366. The Balaban J connectivity index is 1.31. The Bertz CT molecular complexity index is 964. The fourth-order valence-corrected chi connectivity index (χ4v) is 3.76. The van der Waals surface area contributed by atoms with E-state index in [0.29, 0.717) is 19.0 Å². The number of urea groups is 1. The molecule has 0 saturated carbocycles. The van der Waals surface area contributed by atoms with Crippen LogP contribution in [0.4, 0.5) is 16.3 Å². The molecule has 3 aromatic rings. The van der Waals surface area contributed by atoms with Gasteiger partial charge in [0.05, 0.1) is 11.7 Å². The maximum Gasteiger partial charge on any atom is 0.319 e. The Morgan fingerprint density at radius 1 is 1.28 bits per heavy atom. The highest BCUT2D eigenvalue weighted by molar-refractivity contribution is 6.99. The van der Waals surface area contributed by atoms with Crippen LogP contribution in [0, 0.1) is 6.92 Å². The number of pyridine rings is 1. The normalized spacial score (nSPS) is 15.9. The Hall–Kier alpha value is -3.20. The second-order valence-corrected chi connectivity index (χ2v) is 7.47. The third-order valence-electron chi connectivity index (χ3n) is 4.67. The van der Waals surface area contributed by atoms with Crippen LogP contribution in [0.5, 0.6) is 5.88 Å². The summed E-state index contributed by atoms with van der Waals surface area (Å²) < 4.78 is 14.5. The molecule has 1 saturated heterocycles. The summed E-state index contributed by atoms with van der Waals surface area (Å²) in [6.45, 7) is 3.86. The van der Waals surface area contributed by atoms with Gasteiger partial charge in [0.1, 0.15) is 6.61 Å². The third-order valence-corrected chi connectivity index (χ3v) is 5.17. The number of anilines is 2. The molecule has 1 aliphatic rings. The fourth-order valence-electron chi connectivity index (χ4n) is 3.24. The first-order chi connectivity index (χ1) is 14.2. The molecule has 4 rings (SSSR count). The van der Waals surface area contributed by atoms with Crippen molar-refractivity contribution < 1.29 is 9.53 Å². The Morgan fingerprint density at radius 3 is 2.97 bits per heavy atom. The van der Waals surface area contributed by atoms with E-state index in [1.54, 1.807) is 12.4 Å². The van der Waals surface area contributed by atoms with Crippen molar-refractivity contribution in [2.45, 2.75) is 26.0 Å². The van der Waals surface area contributed by atoms with Gasteiger partial charge in [-0.3, -0.25) is 4.98 Å².